The van der Waals surface area contributed by atoms with Gasteiger partial charge in [0.25, 0.3) is 0 Å². The Morgan fingerprint density at radius 2 is 2.00 bits per heavy atom. The maximum Gasteiger partial charge on any atom is 0.244 e. The number of ether oxygens (including phenoxy) is 1. The van der Waals surface area contributed by atoms with E-state index in [1.54, 1.807) is 31.4 Å². The molecule has 0 aromatic heterocycles. The van der Waals surface area contributed by atoms with Crippen molar-refractivity contribution in [3.8, 4) is 11.5 Å². The first-order chi connectivity index (χ1) is 11.0. The lowest BCUT2D eigenvalue weighted by molar-refractivity contribution is -0.120. The molecule has 0 fully saturated rings. The first-order valence-corrected chi connectivity index (χ1v) is 8.21. The number of nitrogens with one attached hydrogen (secondary N) is 1. The van der Waals surface area contributed by atoms with Gasteiger partial charge in [-0.2, -0.15) is 5.10 Å². The summed E-state index contributed by atoms with van der Waals surface area (Å²) >= 11 is 6.56. The first kappa shape index (κ1) is 17.5. The van der Waals surface area contributed by atoms with Crippen LogP contribution in [0.3, 0.4) is 0 Å². The minimum Gasteiger partial charge on any atom is -0.506 e. The third kappa shape index (κ3) is 5.07. The molecule has 0 spiro atoms. The summed E-state index contributed by atoms with van der Waals surface area (Å²) < 4.78 is 6.39. The van der Waals surface area contributed by atoms with Gasteiger partial charge >= 0.3 is 0 Å². The van der Waals surface area contributed by atoms with E-state index in [9.17, 15) is 9.90 Å². The van der Waals surface area contributed by atoms with E-state index in [4.69, 9.17) is 4.74 Å². The number of amides is 1. The van der Waals surface area contributed by atoms with Crippen molar-refractivity contribution in [1.82, 2.24) is 5.43 Å². The van der Waals surface area contributed by atoms with Crippen molar-refractivity contribution in [3.05, 3.63) is 56.5 Å². The predicted octanol–water partition coefficient (Wildman–Crippen LogP) is 3.62. The SMILES string of the molecule is COc1ccc(CC(=O)N/N=C\c2cc(Br)cc(Br)c2O)cc1. The van der Waals surface area contributed by atoms with Gasteiger partial charge in [0, 0.05) is 10.0 Å². The third-order valence-electron chi connectivity index (χ3n) is 2.97. The Kier molecular flexibility index (Phi) is 6.18. The van der Waals surface area contributed by atoms with E-state index in [0.717, 1.165) is 15.8 Å². The highest BCUT2D eigenvalue weighted by atomic mass is 79.9. The molecule has 0 aliphatic carbocycles. The number of hydrogen-bond donors (Lipinski definition) is 2. The van der Waals surface area contributed by atoms with Gasteiger partial charge in [-0.1, -0.05) is 28.1 Å². The summed E-state index contributed by atoms with van der Waals surface area (Å²) in [5.74, 6) is 0.546. The molecule has 0 unspecified atom stereocenters. The lowest BCUT2D eigenvalue weighted by Gasteiger charge is -2.04. The summed E-state index contributed by atoms with van der Waals surface area (Å²) in [7, 11) is 1.59. The lowest BCUT2D eigenvalue weighted by atomic mass is 10.1. The number of phenolic OH excluding ortho intramolecular Hbond substituents is 1. The highest BCUT2D eigenvalue weighted by molar-refractivity contribution is 9.11. The summed E-state index contributed by atoms with van der Waals surface area (Å²) in [6.07, 6.45) is 1.59. The van der Waals surface area contributed by atoms with Crippen molar-refractivity contribution in [2.45, 2.75) is 6.42 Å². The van der Waals surface area contributed by atoms with Crippen LogP contribution in [-0.4, -0.2) is 24.3 Å². The number of aromatic hydroxyl groups is 1. The zero-order valence-corrected chi connectivity index (χ0v) is 15.4. The average Bonchev–Trinajstić information content (AvgIpc) is 2.52. The minimum atomic E-state index is -0.250. The van der Waals surface area contributed by atoms with E-state index < -0.39 is 0 Å². The number of hydrazone groups is 1. The molecule has 2 rings (SSSR count). The number of rotatable bonds is 5. The number of benzene rings is 2. The minimum absolute atomic E-state index is 0.0568. The molecule has 0 radical (unpaired) electrons. The molecule has 23 heavy (non-hydrogen) atoms. The van der Waals surface area contributed by atoms with Gasteiger partial charge in [0.05, 0.1) is 24.2 Å². The van der Waals surface area contributed by atoms with Crippen molar-refractivity contribution in [2.75, 3.05) is 7.11 Å². The smallest absolute Gasteiger partial charge is 0.244 e. The number of nitrogens with zero attached hydrogens (tertiary/aromatic N) is 1. The fourth-order valence-electron chi connectivity index (χ4n) is 1.83. The van der Waals surface area contributed by atoms with Crippen molar-refractivity contribution in [1.29, 1.82) is 0 Å². The molecule has 1 amide bonds. The quantitative estimate of drug-likeness (QED) is 0.549. The van der Waals surface area contributed by atoms with Gasteiger partial charge in [0.15, 0.2) is 0 Å². The fourth-order valence-corrected chi connectivity index (χ4v) is 3.08. The topological polar surface area (TPSA) is 70.9 Å². The molecular formula is C16H14Br2N2O3. The summed E-state index contributed by atoms with van der Waals surface area (Å²) in [6.45, 7) is 0. The van der Waals surface area contributed by atoms with Gasteiger partial charge in [-0.3, -0.25) is 4.79 Å². The van der Waals surface area contributed by atoms with Crippen LogP contribution in [0.4, 0.5) is 0 Å². The second-order valence-corrected chi connectivity index (χ2v) is 6.41. The molecule has 120 valence electrons. The van der Waals surface area contributed by atoms with Gasteiger partial charge in [0.2, 0.25) is 5.91 Å². The molecule has 0 aliphatic rings. The standard InChI is InChI=1S/C16H14Br2N2O3/c1-23-13-4-2-10(3-5-13)6-15(21)20-19-9-11-7-12(17)8-14(18)16(11)22/h2-5,7-9,22H,6H2,1H3,(H,20,21)/b19-9-. The maximum atomic E-state index is 11.8. The predicted molar refractivity (Wildman–Crippen MR) is 95.9 cm³/mol. The zero-order valence-electron chi connectivity index (χ0n) is 12.2. The number of methoxy groups -OCH3 is 1. The Hall–Kier alpha value is -1.86. The first-order valence-electron chi connectivity index (χ1n) is 6.62. The molecule has 0 heterocycles. The number of halogens is 2. The lowest BCUT2D eigenvalue weighted by Crippen LogP contribution is -2.19. The van der Waals surface area contributed by atoms with Crippen LogP contribution in [0.1, 0.15) is 11.1 Å². The second kappa shape index (κ2) is 8.12. The Bertz CT molecular complexity index is 731. The third-order valence-corrected chi connectivity index (χ3v) is 4.04. The molecular weight excluding hydrogens is 428 g/mol. The number of phenols is 1. The van der Waals surface area contributed by atoms with E-state index in [1.807, 2.05) is 12.1 Å². The highest BCUT2D eigenvalue weighted by Gasteiger charge is 2.06. The van der Waals surface area contributed by atoms with E-state index in [1.165, 1.54) is 6.21 Å². The Morgan fingerprint density at radius 3 is 2.65 bits per heavy atom. The molecule has 0 atom stereocenters. The molecule has 2 aromatic rings. The van der Waals surface area contributed by atoms with Crippen molar-refractivity contribution < 1.29 is 14.6 Å². The zero-order chi connectivity index (χ0) is 16.8. The molecule has 5 nitrogen and oxygen atoms in total. The molecule has 0 bridgehead atoms. The summed E-state index contributed by atoms with van der Waals surface area (Å²) in [5.41, 5.74) is 3.77. The van der Waals surface area contributed by atoms with Crippen LogP contribution in [0.5, 0.6) is 11.5 Å². The van der Waals surface area contributed by atoms with Crippen LogP contribution >= 0.6 is 31.9 Å². The number of hydrogen-bond acceptors (Lipinski definition) is 4. The van der Waals surface area contributed by atoms with Crippen LogP contribution in [0.2, 0.25) is 0 Å². The van der Waals surface area contributed by atoms with Crippen molar-refractivity contribution in [3.63, 3.8) is 0 Å². The molecule has 2 N–H and O–H groups in total. The highest BCUT2D eigenvalue weighted by Crippen LogP contribution is 2.30. The van der Waals surface area contributed by atoms with E-state index >= 15 is 0 Å². The largest absolute Gasteiger partial charge is 0.506 e. The van der Waals surface area contributed by atoms with E-state index in [0.29, 0.717) is 10.0 Å². The van der Waals surface area contributed by atoms with Gasteiger partial charge < -0.3 is 9.84 Å². The van der Waals surface area contributed by atoms with Crippen molar-refractivity contribution in [2.24, 2.45) is 5.10 Å². The van der Waals surface area contributed by atoms with Crippen molar-refractivity contribution >= 4 is 44.0 Å². The monoisotopic (exact) mass is 440 g/mol. The van der Waals surface area contributed by atoms with Gasteiger partial charge in [0.1, 0.15) is 11.5 Å². The summed E-state index contributed by atoms with van der Waals surface area (Å²) in [6, 6.07) is 10.6. The number of carbonyl (C=O) groups is 1. The van der Waals surface area contributed by atoms with Gasteiger partial charge in [-0.25, -0.2) is 5.43 Å². The molecule has 7 heteroatoms. The van der Waals surface area contributed by atoms with E-state index in [2.05, 4.69) is 42.4 Å². The molecule has 0 saturated heterocycles. The Morgan fingerprint density at radius 1 is 1.30 bits per heavy atom. The van der Waals surface area contributed by atoms with Crippen LogP contribution in [0.15, 0.2) is 50.4 Å². The van der Waals surface area contributed by atoms with E-state index in [-0.39, 0.29) is 18.1 Å². The maximum absolute atomic E-state index is 11.8. The van der Waals surface area contributed by atoms with Gasteiger partial charge in [-0.05, 0) is 45.8 Å². The Balaban J connectivity index is 1.96. The molecule has 0 saturated carbocycles. The summed E-state index contributed by atoms with van der Waals surface area (Å²) in [4.78, 5) is 11.8. The van der Waals surface area contributed by atoms with Crippen LogP contribution in [0, 0.1) is 0 Å². The van der Waals surface area contributed by atoms with Crippen LogP contribution < -0.4 is 10.2 Å². The fraction of sp³-hybridized carbons (Fsp3) is 0.125. The van der Waals surface area contributed by atoms with Crippen LogP contribution in [-0.2, 0) is 11.2 Å². The second-order valence-electron chi connectivity index (χ2n) is 4.64. The normalized spacial score (nSPS) is 10.7. The van der Waals surface area contributed by atoms with Crippen LogP contribution in [0.25, 0.3) is 0 Å². The van der Waals surface area contributed by atoms with Gasteiger partial charge in [-0.15, -0.1) is 0 Å². The molecule has 2 aromatic carbocycles. The summed E-state index contributed by atoms with van der Waals surface area (Å²) in [5, 5.41) is 13.8. The average molecular weight is 442 g/mol. The number of carbonyl (C=O) groups excluding carboxylic acids is 1. The molecule has 0 aliphatic heterocycles. The Labute approximate surface area is 150 Å².